The molecule has 3 aromatic rings. The molecule has 0 saturated carbocycles. The number of unbranched alkanes of at least 4 members (excludes halogenated alkanes) is 11. The number of hydrogen-bond donors (Lipinski definition) is 1. The third kappa shape index (κ3) is 11.6. The monoisotopic (exact) mass is 577 g/mol. The van der Waals surface area contributed by atoms with Crippen LogP contribution < -0.4 is 14.6 Å². The van der Waals surface area contributed by atoms with Gasteiger partial charge in [-0.3, -0.25) is 4.79 Å². The number of benzene rings is 2. The lowest BCUT2D eigenvalue weighted by Crippen LogP contribution is -2.34. The summed E-state index contributed by atoms with van der Waals surface area (Å²) in [6.45, 7) is 12.4. The molecule has 3 rings (SSSR count). The summed E-state index contributed by atoms with van der Waals surface area (Å²) in [5.74, 6) is 0.546. The summed E-state index contributed by atoms with van der Waals surface area (Å²) in [4.78, 5) is 13.3. The number of ether oxygens (including phenoxy) is 1. The van der Waals surface area contributed by atoms with Gasteiger partial charge >= 0.3 is 0 Å². The van der Waals surface area contributed by atoms with E-state index in [0.29, 0.717) is 17.9 Å². The van der Waals surface area contributed by atoms with E-state index in [0.717, 1.165) is 18.7 Å². The zero-order valence-electron chi connectivity index (χ0n) is 26.3. The van der Waals surface area contributed by atoms with Crippen molar-refractivity contribution in [3.8, 4) is 5.75 Å². The molecular formula is C36H53N2O2S+. The van der Waals surface area contributed by atoms with Crippen LogP contribution in [0.2, 0.25) is 0 Å². The number of anilines is 1. The van der Waals surface area contributed by atoms with Crippen molar-refractivity contribution in [2.45, 2.75) is 124 Å². The normalized spacial score (nSPS) is 11.5. The summed E-state index contributed by atoms with van der Waals surface area (Å²) < 4.78 is 8.48. The second-order valence-electron chi connectivity index (χ2n) is 12.5. The highest BCUT2D eigenvalue weighted by Crippen LogP contribution is 2.29. The van der Waals surface area contributed by atoms with Gasteiger partial charge < -0.3 is 10.1 Å². The Balaban J connectivity index is 1.48. The van der Waals surface area contributed by atoms with Crippen molar-refractivity contribution in [3.63, 3.8) is 0 Å². The molecule has 0 aliphatic heterocycles. The van der Waals surface area contributed by atoms with Gasteiger partial charge in [-0.1, -0.05) is 128 Å². The molecule has 0 atom stereocenters. The van der Waals surface area contributed by atoms with E-state index in [2.05, 4.69) is 79.7 Å². The van der Waals surface area contributed by atoms with Crippen LogP contribution in [-0.4, -0.2) is 12.5 Å². The number of carbonyl (C=O) groups excluding carboxylic acids is 1. The second-order valence-corrected chi connectivity index (χ2v) is 13.2. The van der Waals surface area contributed by atoms with Crippen molar-refractivity contribution in [1.29, 1.82) is 0 Å². The van der Waals surface area contributed by atoms with Crippen molar-refractivity contribution in [3.05, 3.63) is 75.7 Å². The largest absolute Gasteiger partial charge is 0.493 e. The van der Waals surface area contributed by atoms with Crippen LogP contribution in [0.25, 0.3) is 0 Å². The first-order chi connectivity index (χ1) is 19.8. The number of aryl methyl sites for hydroxylation is 1. The molecule has 0 unspecified atom stereocenters. The number of amides is 1. The standard InChI is InChI=1S/C36H52N2O2S/c1-6-7-8-9-10-11-12-13-14-15-16-17-24-40-34-25-31(36(3,4)5)20-23-33(34)35(39)37-32-21-18-30(19-22-32)26-38-28-41-27-29(38)2/h18-23,25,27-28H,6-17,24,26H2,1-5H3/p+1. The maximum Gasteiger partial charge on any atom is 0.259 e. The molecule has 0 aliphatic carbocycles. The molecule has 0 aliphatic rings. The fourth-order valence-corrected chi connectivity index (χ4v) is 5.81. The molecule has 2 aromatic carbocycles. The van der Waals surface area contributed by atoms with Gasteiger partial charge in [-0.25, -0.2) is 0 Å². The number of rotatable bonds is 18. The van der Waals surface area contributed by atoms with Crippen LogP contribution in [0, 0.1) is 6.92 Å². The van der Waals surface area contributed by atoms with Gasteiger partial charge in [0.15, 0.2) is 12.2 Å². The summed E-state index contributed by atoms with van der Waals surface area (Å²) in [6, 6.07) is 14.1. The SMILES string of the molecule is CCCCCCCCCCCCCCOc1cc(C(C)(C)C)ccc1C(=O)Nc1ccc(C[n+]2cscc2C)cc1. The summed E-state index contributed by atoms with van der Waals surface area (Å²) in [7, 11) is 0. The Morgan fingerprint density at radius 1 is 0.854 bits per heavy atom. The molecule has 41 heavy (non-hydrogen) atoms. The molecule has 0 fully saturated rings. The van der Waals surface area contributed by atoms with Gasteiger partial charge in [0.1, 0.15) is 5.75 Å². The maximum absolute atomic E-state index is 13.3. The lowest BCUT2D eigenvalue weighted by atomic mass is 9.86. The highest BCUT2D eigenvalue weighted by Gasteiger charge is 2.19. The molecule has 0 bridgehead atoms. The molecule has 0 saturated heterocycles. The Morgan fingerprint density at radius 3 is 2.02 bits per heavy atom. The Morgan fingerprint density at radius 2 is 1.46 bits per heavy atom. The van der Waals surface area contributed by atoms with E-state index in [1.54, 1.807) is 11.3 Å². The predicted octanol–water partition coefficient (Wildman–Crippen LogP) is 10.0. The van der Waals surface area contributed by atoms with E-state index in [4.69, 9.17) is 4.74 Å². The minimum absolute atomic E-state index is 0.0161. The summed E-state index contributed by atoms with van der Waals surface area (Å²) in [5.41, 5.74) is 7.12. The lowest BCUT2D eigenvalue weighted by molar-refractivity contribution is -0.689. The summed E-state index contributed by atoms with van der Waals surface area (Å²) in [6.07, 6.45) is 15.8. The van der Waals surface area contributed by atoms with Crippen LogP contribution in [0.4, 0.5) is 5.69 Å². The van der Waals surface area contributed by atoms with Gasteiger partial charge in [0, 0.05) is 18.2 Å². The second kappa shape index (κ2) is 17.3. The van der Waals surface area contributed by atoms with Crippen LogP contribution in [0.3, 0.4) is 0 Å². The highest BCUT2D eigenvalue weighted by molar-refractivity contribution is 7.07. The first kappa shape index (κ1) is 32.8. The van der Waals surface area contributed by atoms with Crippen LogP contribution in [0.5, 0.6) is 5.75 Å². The fraction of sp³-hybridized carbons (Fsp3) is 0.556. The van der Waals surface area contributed by atoms with Crippen molar-refractivity contribution in [2.24, 2.45) is 0 Å². The van der Waals surface area contributed by atoms with E-state index in [1.165, 1.54) is 87.4 Å². The molecule has 0 radical (unpaired) electrons. The molecule has 5 heteroatoms. The molecule has 4 nitrogen and oxygen atoms in total. The number of thiazole rings is 1. The molecule has 1 amide bonds. The minimum Gasteiger partial charge on any atom is -0.493 e. The van der Waals surface area contributed by atoms with E-state index in [1.807, 2.05) is 18.2 Å². The average Bonchev–Trinajstić information content (AvgIpc) is 3.35. The summed E-state index contributed by atoms with van der Waals surface area (Å²) in [5, 5.41) is 5.23. The first-order valence-corrected chi connectivity index (χ1v) is 16.8. The third-order valence-electron chi connectivity index (χ3n) is 7.79. The van der Waals surface area contributed by atoms with E-state index in [9.17, 15) is 4.79 Å². The summed E-state index contributed by atoms with van der Waals surface area (Å²) >= 11 is 1.71. The Labute approximate surface area is 253 Å². The molecule has 0 spiro atoms. The van der Waals surface area contributed by atoms with Crippen molar-refractivity contribution in [2.75, 3.05) is 11.9 Å². The smallest absolute Gasteiger partial charge is 0.259 e. The first-order valence-electron chi connectivity index (χ1n) is 15.9. The van der Waals surface area contributed by atoms with Gasteiger partial charge in [0.05, 0.1) is 17.6 Å². The van der Waals surface area contributed by atoms with Crippen LogP contribution in [0.1, 0.15) is 132 Å². The van der Waals surface area contributed by atoms with Gasteiger partial charge in [0.25, 0.3) is 5.91 Å². The topological polar surface area (TPSA) is 42.2 Å². The number of hydrogen-bond acceptors (Lipinski definition) is 3. The molecule has 224 valence electrons. The Hall–Kier alpha value is -2.66. The number of nitrogens with zero attached hydrogens (tertiary/aromatic N) is 1. The third-order valence-corrected chi connectivity index (χ3v) is 8.65. The van der Waals surface area contributed by atoms with E-state index in [-0.39, 0.29) is 11.3 Å². The number of aromatic nitrogens is 1. The molecule has 1 N–H and O–H groups in total. The number of nitrogens with one attached hydrogen (secondary N) is 1. The van der Waals surface area contributed by atoms with Crippen molar-refractivity contribution >= 4 is 22.9 Å². The van der Waals surface area contributed by atoms with Crippen molar-refractivity contribution in [1.82, 2.24) is 0 Å². The van der Waals surface area contributed by atoms with Gasteiger partial charge in [-0.2, -0.15) is 4.57 Å². The van der Waals surface area contributed by atoms with Crippen LogP contribution >= 0.6 is 11.3 Å². The van der Waals surface area contributed by atoms with Gasteiger partial charge in [-0.05, 0) is 41.7 Å². The van der Waals surface area contributed by atoms with Crippen LogP contribution in [-0.2, 0) is 12.0 Å². The fourth-order valence-electron chi connectivity index (χ4n) is 5.02. The predicted molar refractivity (Wildman–Crippen MR) is 174 cm³/mol. The highest BCUT2D eigenvalue weighted by atomic mass is 32.1. The lowest BCUT2D eigenvalue weighted by Gasteiger charge is -2.21. The van der Waals surface area contributed by atoms with E-state index < -0.39 is 0 Å². The Bertz CT molecular complexity index is 1180. The van der Waals surface area contributed by atoms with Gasteiger partial charge in [0.2, 0.25) is 5.51 Å². The zero-order valence-corrected chi connectivity index (χ0v) is 27.1. The molecule has 1 heterocycles. The number of carbonyl (C=O) groups is 1. The maximum atomic E-state index is 13.3. The molecular weight excluding hydrogens is 524 g/mol. The van der Waals surface area contributed by atoms with E-state index >= 15 is 0 Å². The zero-order chi connectivity index (χ0) is 29.5. The minimum atomic E-state index is -0.133. The molecule has 1 aromatic heterocycles. The quantitative estimate of drug-likeness (QED) is 0.121. The van der Waals surface area contributed by atoms with Crippen molar-refractivity contribution < 1.29 is 14.1 Å². The Kier molecular flexibility index (Phi) is 13.9. The van der Waals surface area contributed by atoms with Gasteiger partial charge in [-0.15, -0.1) is 0 Å². The average molecular weight is 578 g/mol. The van der Waals surface area contributed by atoms with Crippen LogP contribution in [0.15, 0.2) is 53.4 Å².